The summed E-state index contributed by atoms with van der Waals surface area (Å²) < 4.78 is 33.5. The van der Waals surface area contributed by atoms with Crippen molar-refractivity contribution >= 4 is 48.9 Å². The number of hydrogen-bond acceptors (Lipinski definition) is 6. The lowest BCUT2D eigenvalue weighted by molar-refractivity contribution is -0.141. The number of hydrogen-bond donors (Lipinski definition) is 1. The molecule has 114 valence electrons. The number of nitrogens with zero attached hydrogens (tertiary/aromatic N) is 2. The van der Waals surface area contributed by atoms with Crippen LogP contribution in [-0.4, -0.2) is 31.3 Å². The zero-order valence-electron chi connectivity index (χ0n) is 11.2. The summed E-state index contributed by atoms with van der Waals surface area (Å²) in [5.41, 5.74) is 0.278. The Balaban J connectivity index is 2.18. The maximum atomic E-state index is 12.3. The van der Waals surface area contributed by atoms with E-state index in [1.807, 2.05) is 0 Å². The van der Waals surface area contributed by atoms with E-state index in [4.69, 9.17) is 0 Å². The normalized spacial score (nSPS) is 11.4. The van der Waals surface area contributed by atoms with E-state index in [1.165, 1.54) is 35.5 Å². The van der Waals surface area contributed by atoms with Gasteiger partial charge in [-0.3, -0.25) is 14.2 Å². The van der Waals surface area contributed by atoms with Crippen LogP contribution < -0.4 is 4.72 Å². The molecule has 0 saturated heterocycles. The summed E-state index contributed by atoms with van der Waals surface area (Å²) in [4.78, 5) is 12.0. The number of anilines is 1. The zero-order chi connectivity index (χ0) is 15.6. The molecule has 0 aliphatic heterocycles. The van der Waals surface area contributed by atoms with Crippen LogP contribution in [0.5, 0.6) is 0 Å². The first-order valence-electron chi connectivity index (χ1n) is 5.70. The summed E-state index contributed by atoms with van der Waals surface area (Å²) in [5.74, 6) is -0.467. The minimum absolute atomic E-state index is 0.0821. The molecule has 0 atom stereocenters. The van der Waals surface area contributed by atoms with E-state index in [1.54, 1.807) is 13.0 Å². The van der Waals surface area contributed by atoms with Crippen molar-refractivity contribution in [1.82, 2.24) is 9.78 Å². The molecule has 0 unspecified atom stereocenters. The Morgan fingerprint density at radius 2 is 2.29 bits per heavy atom. The van der Waals surface area contributed by atoms with Crippen molar-refractivity contribution < 1.29 is 17.9 Å². The van der Waals surface area contributed by atoms with Crippen LogP contribution in [-0.2, 0) is 26.1 Å². The first kappa shape index (κ1) is 16.0. The van der Waals surface area contributed by atoms with Crippen molar-refractivity contribution in [2.45, 2.75) is 18.4 Å². The van der Waals surface area contributed by atoms with E-state index in [0.717, 1.165) is 3.79 Å². The number of carbonyl (C=O) groups excluding carboxylic acids is 1. The smallest absolute Gasteiger partial charge is 0.327 e. The monoisotopic (exact) mass is 393 g/mol. The van der Waals surface area contributed by atoms with E-state index < -0.39 is 16.0 Å². The van der Waals surface area contributed by atoms with Crippen molar-refractivity contribution in [3.8, 4) is 0 Å². The summed E-state index contributed by atoms with van der Waals surface area (Å²) in [7, 11) is -2.41. The van der Waals surface area contributed by atoms with Gasteiger partial charge in [-0.05, 0) is 28.9 Å². The third kappa shape index (κ3) is 3.83. The molecule has 21 heavy (non-hydrogen) atoms. The second kappa shape index (κ2) is 6.16. The minimum Gasteiger partial charge on any atom is -0.468 e. The molecule has 1 N–H and O–H groups in total. The van der Waals surface area contributed by atoms with Gasteiger partial charge < -0.3 is 4.74 Å². The van der Waals surface area contributed by atoms with Gasteiger partial charge in [0.25, 0.3) is 10.0 Å². The van der Waals surface area contributed by atoms with Crippen LogP contribution in [0.2, 0.25) is 0 Å². The number of thiophene rings is 1. The zero-order valence-corrected chi connectivity index (χ0v) is 14.4. The van der Waals surface area contributed by atoms with Crippen LogP contribution >= 0.6 is 27.3 Å². The molecule has 0 aromatic carbocycles. The molecule has 2 heterocycles. The molecule has 0 aliphatic rings. The second-order valence-electron chi connectivity index (χ2n) is 4.08. The SMILES string of the molecule is COC(=O)Cn1cc(NS(=O)(=O)c2cc(Br)sc2C)cn1. The lowest BCUT2D eigenvalue weighted by Crippen LogP contribution is -2.13. The summed E-state index contributed by atoms with van der Waals surface area (Å²) in [6.45, 7) is 1.64. The van der Waals surface area contributed by atoms with Gasteiger partial charge in [0.15, 0.2) is 0 Å². The molecule has 0 amide bonds. The number of halogens is 1. The van der Waals surface area contributed by atoms with E-state index in [2.05, 4.69) is 30.5 Å². The standard InChI is InChI=1S/C11H12BrN3O4S2/c1-7-9(3-10(12)20-7)21(17,18)14-8-4-13-15(5-8)6-11(16)19-2/h3-5,14H,6H2,1-2H3. The highest BCUT2D eigenvalue weighted by Gasteiger charge is 2.20. The number of aryl methyl sites for hydroxylation is 1. The number of sulfonamides is 1. The number of aromatic nitrogens is 2. The van der Waals surface area contributed by atoms with Gasteiger partial charge in [0.2, 0.25) is 0 Å². The van der Waals surface area contributed by atoms with Gasteiger partial charge in [0.05, 0.1) is 22.8 Å². The molecule has 0 saturated carbocycles. The van der Waals surface area contributed by atoms with Gasteiger partial charge in [0.1, 0.15) is 11.4 Å². The van der Waals surface area contributed by atoms with Crippen molar-refractivity contribution in [2.75, 3.05) is 11.8 Å². The second-order valence-corrected chi connectivity index (χ2v) is 8.37. The molecule has 10 heteroatoms. The molecule has 2 rings (SSSR count). The number of methoxy groups -OCH3 is 1. The van der Waals surface area contributed by atoms with Crippen molar-refractivity contribution in [1.29, 1.82) is 0 Å². The van der Waals surface area contributed by atoms with Crippen LogP contribution in [0.4, 0.5) is 5.69 Å². The molecular formula is C11H12BrN3O4S2. The third-order valence-corrected chi connectivity index (χ3v) is 5.73. The Bertz CT molecular complexity index is 766. The topological polar surface area (TPSA) is 90.3 Å². The summed E-state index contributed by atoms with van der Waals surface area (Å²) in [5, 5.41) is 3.89. The van der Waals surface area contributed by atoms with E-state index in [9.17, 15) is 13.2 Å². The average molecular weight is 394 g/mol. The first-order valence-corrected chi connectivity index (χ1v) is 8.79. The van der Waals surface area contributed by atoms with E-state index in [-0.39, 0.29) is 17.1 Å². The van der Waals surface area contributed by atoms with Gasteiger partial charge in [-0.1, -0.05) is 0 Å². The fourth-order valence-electron chi connectivity index (χ4n) is 1.61. The summed E-state index contributed by atoms with van der Waals surface area (Å²) in [6.07, 6.45) is 2.75. The lowest BCUT2D eigenvalue weighted by atomic mass is 10.5. The minimum atomic E-state index is -3.68. The van der Waals surface area contributed by atoms with Crippen LogP contribution in [0, 0.1) is 6.92 Å². The number of carbonyl (C=O) groups is 1. The fraction of sp³-hybridized carbons (Fsp3) is 0.273. The van der Waals surface area contributed by atoms with Gasteiger partial charge in [-0.2, -0.15) is 5.10 Å². The molecule has 0 fully saturated rings. The molecule has 0 spiro atoms. The summed E-state index contributed by atoms with van der Waals surface area (Å²) >= 11 is 4.60. The molecule has 0 radical (unpaired) electrons. The van der Waals surface area contributed by atoms with Gasteiger partial charge >= 0.3 is 5.97 Å². The highest BCUT2D eigenvalue weighted by atomic mass is 79.9. The van der Waals surface area contributed by atoms with E-state index >= 15 is 0 Å². The number of ether oxygens (including phenoxy) is 1. The van der Waals surface area contributed by atoms with E-state index in [0.29, 0.717) is 4.88 Å². The quantitative estimate of drug-likeness (QED) is 0.784. The van der Waals surface area contributed by atoms with Crippen LogP contribution in [0.15, 0.2) is 27.1 Å². The molecule has 0 aliphatic carbocycles. The Hall–Kier alpha value is -1.39. The van der Waals surface area contributed by atoms with Gasteiger partial charge in [-0.15, -0.1) is 11.3 Å². The molecule has 2 aromatic rings. The van der Waals surface area contributed by atoms with Crippen molar-refractivity contribution in [3.05, 3.63) is 27.1 Å². The Morgan fingerprint density at radius 1 is 1.57 bits per heavy atom. The molecule has 7 nitrogen and oxygen atoms in total. The fourth-order valence-corrected chi connectivity index (χ4v) is 5.05. The van der Waals surface area contributed by atoms with Crippen LogP contribution in [0.25, 0.3) is 0 Å². The Labute approximate surface area is 134 Å². The largest absolute Gasteiger partial charge is 0.468 e. The highest BCUT2D eigenvalue weighted by Crippen LogP contribution is 2.30. The highest BCUT2D eigenvalue weighted by molar-refractivity contribution is 9.11. The van der Waals surface area contributed by atoms with Gasteiger partial charge in [0, 0.05) is 11.1 Å². The predicted octanol–water partition coefficient (Wildman–Crippen LogP) is 1.99. The Kier molecular flexibility index (Phi) is 4.69. The number of rotatable bonds is 5. The maximum absolute atomic E-state index is 12.3. The maximum Gasteiger partial charge on any atom is 0.327 e. The van der Waals surface area contributed by atoms with Crippen LogP contribution in [0.3, 0.4) is 0 Å². The average Bonchev–Trinajstić information content (AvgIpc) is 2.95. The molecule has 2 aromatic heterocycles. The molecule has 0 bridgehead atoms. The number of esters is 1. The van der Waals surface area contributed by atoms with Gasteiger partial charge in [-0.25, -0.2) is 8.42 Å². The first-order chi connectivity index (χ1) is 9.81. The van der Waals surface area contributed by atoms with Crippen molar-refractivity contribution in [3.63, 3.8) is 0 Å². The van der Waals surface area contributed by atoms with Crippen molar-refractivity contribution in [2.24, 2.45) is 0 Å². The Morgan fingerprint density at radius 3 is 2.86 bits per heavy atom. The number of nitrogens with one attached hydrogen (secondary N) is 1. The molecular weight excluding hydrogens is 382 g/mol. The van der Waals surface area contributed by atoms with Crippen LogP contribution in [0.1, 0.15) is 4.88 Å². The predicted molar refractivity (Wildman–Crippen MR) is 81.8 cm³/mol. The third-order valence-electron chi connectivity index (χ3n) is 2.54. The summed E-state index contributed by atoms with van der Waals surface area (Å²) in [6, 6.07) is 1.54. The lowest BCUT2D eigenvalue weighted by Gasteiger charge is -2.04.